The quantitative estimate of drug-likeness (QED) is 0.536. The van der Waals surface area contributed by atoms with Gasteiger partial charge < -0.3 is 10.8 Å². The Hall–Kier alpha value is -2.38. The lowest BCUT2D eigenvalue weighted by atomic mass is 9.59. The predicted octanol–water partition coefficient (Wildman–Crippen LogP) is 1.26. The number of aromatic nitrogens is 2. The normalized spacial score (nSPS) is 19.5. The molecule has 1 aromatic rings. The van der Waals surface area contributed by atoms with E-state index >= 15 is 0 Å². The number of amidine groups is 1. The van der Waals surface area contributed by atoms with Crippen molar-refractivity contribution >= 4 is 11.6 Å². The number of nitrogens with two attached hydrogens (primary N) is 1. The lowest BCUT2D eigenvalue weighted by Gasteiger charge is -2.45. The molecule has 0 unspecified atom stereocenters. The van der Waals surface area contributed by atoms with Crippen molar-refractivity contribution in [1.29, 1.82) is 5.41 Å². The number of nitrogens with one attached hydrogen (secondary N) is 1. The Labute approximate surface area is 151 Å². The van der Waals surface area contributed by atoms with Crippen LogP contribution in [0.15, 0.2) is 9.59 Å². The smallest absolute Gasteiger partial charge is 0.334 e. The van der Waals surface area contributed by atoms with Crippen LogP contribution in [-0.4, -0.2) is 25.9 Å². The van der Waals surface area contributed by atoms with Crippen LogP contribution in [0.3, 0.4) is 0 Å². The van der Waals surface area contributed by atoms with Crippen molar-refractivity contribution < 1.29 is 9.90 Å². The van der Waals surface area contributed by atoms with Crippen molar-refractivity contribution in [1.82, 2.24) is 9.13 Å². The van der Waals surface area contributed by atoms with Gasteiger partial charge in [-0.05, 0) is 37.5 Å². The van der Waals surface area contributed by atoms with E-state index in [-0.39, 0.29) is 29.3 Å². The molecule has 1 heterocycles. The lowest BCUT2D eigenvalue weighted by molar-refractivity contribution is -0.135. The third kappa shape index (κ3) is 2.97. The van der Waals surface area contributed by atoms with Crippen molar-refractivity contribution in [2.24, 2.45) is 11.1 Å². The molecule has 8 heteroatoms. The summed E-state index contributed by atoms with van der Waals surface area (Å²) in [6.07, 6.45) is 5.57. The molecule has 0 aliphatic heterocycles. The minimum absolute atomic E-state index is 0.0543. The molecule has 1 spiro atoms. The van der Waals surface area contributed by atoms with E-state index in [2.05, 4.69) is 0 Å². The van der Waals surface area contributed by atoms with E-state index in [1.54, 1.807) is 0 Å². The van der Waals surface area contributed by atoms with Gasteiger partial charge >= 0.3 is 5.69 Å². The monoisotopic (exact) mass is 362 g/mol. The van der Waals surface area contributed by atoms with Crippen LogP contribution in [0.5, 0.6) is 5.88 Å². The summed E-state index contributed by atoms with van der Waals surface area (Å²) in [5, 5.41) is 18.0. The van der Waals surface area contributed by atoms with E-state index in [1.807, 2.05) is 6.92 Å². The van der Waals surface area contributed by atoms with Crippen LogP contribution in [-0.2, 0) is 11.3 Å². The van der Waals surface area contributed by atoms with Crippen LogP contribution in [0.4, 0.5) is 0 Å². The fourth-order valence-electron chi connectivity index (χ4n) is 4.35. The number of rotatable bonds is 5. The Kier molecular flexibility index (Phi) is 4.77. The summed E-state index contributed by atoms with van der Waals surface area (Å²) in [4.78, 5) is 37.0. The molecule has 2 fully saturated rings. The van der Waals surface area contributed by atoms with Crippen LogP contribution in [0.1, 0.15) is 69.9 Å². The maximum Gasteiger partial charge on any atom is 0.334 e. The largest absolute Gasteiger partial charge is 0.494 e. The van der Waals surface area contributed by atoms with Crippen LogP contribution >= 0.6 is 0 Å². The number of aromatic hydroxyl groups is 1. The van der Waals surface area contributed by atoms with Crippen molar-refractivity contribution in [2.75, 3.05) is 0 Å². The van der Waals surface area contributed by atoms with Crippen molar-refractivity contribution in [3.63, 3.8) is 0 Å². The number of carbonyl (C=O) groups is 1. The number of carbonyl (C=O) groups excluding carboxylic acids is 1. The van der Waals surface area contributed by atoms with Crippen molar-refractivity contribution in [2.45, 2.75) is 70.9 Å². The second kappa shape index (κ2) is 6.74. The van der Waals surface area contributed by atoms with Gasteiger partial charge in [-0.15, -0.1) is 0 Å². The maximum absolute atomic E-state index is 12.9. The van der Waals surface area contributed by atoms with Gasteiger partial charge in [0, 0.05) is 25.4 Å². The molecule has 0 amide bonds. The van der Waals surface area contributed by atoms with Gasteiger partial charge in [0.05, 0.1) is 0 Å². The number of nitrogens with zero attached hydrogens (tertiary/aromatic N) is 2. The van der Waals surface area contributed by atoms with Crippen LogP contribution in [0.25, 0.3) is 0 Å². The highest BCUT2D eigenvalue weighted by atomic mass is 16.3. The first-order chi connectivity index (χ1) is 12.3. The molecule has 0 bridgehead atoms. The summed E-state index contributed by atoms with van der Waals surface area (Å²) in [5.74, 6) is -0.775. The summed E-state index contributed by atoms with van der Waals surface area (Å²) in [6.45, 7) is 2.23. The molecule has 2 saturated carbocycles. The van der Waals surface area contributed by atoms with Gasteiger partial charge in [0.25, 0.3) is 5.56 Å². The van der Waals surface area contributed by atoms with Crippen LogP contribution in [0, 0.1) is 10.8 Å². The second-order valence-electron chi connectivity index (χ2n) is 7.70. The van der Waals surface area contributed by atoms with Gasteiger partial charge in [-0.3, -0.25) is 24.1 Å². The molecule has 1 aromatic heterocycles. The van der Waals surface area contributed by atoms with Crippen LogP contribution in [0.2, 0.25) is 0 Å². The average molecular weight is 362 g/mol. The van der Waals surface area contributed by atoms with E-state index in [9.17, 15) is 19.5 Å². The average Bonchev–Trinajstić information content (AvgIpc) is 2.55. The minimum Gasteiger partial charge on any atom is -0.494 e. The zero-order valence-electron chi connectivity index (χ0n) is 15.1. The Morgan fingerprint density at radius 3 is 2.38 bits per heavy atom. The zero-order chi connectivity index (χ0) is 19.1. The summed E-state index contributed by atoms with van der Waals surface area (Å²) in [6, 6.07) is -0.289. The van der Waals surface area contributed by atoms with Gasteiger partial charge in [0.2, 0.25) is 5.88 Å². The summed E-state index contributed by atoms with van der Waals surface area (Å²) in [7, 11) is 0. The first-order valence-electron chi connectivity index (χ1n) is 9.24. The Bertz CT molecular complexity index is 849. The Morgan fingerprint density at radius 1 is 1.27 bits per heavy atom. The number of ketones is 1. The molecule has 2 aliphatic rings. The topological polar surface area (TPSA) is 131 Å². The van der Waals surface area contributed by atoms with Gasteiger partial charge in [-0.25, -0.2) is 4.79 Å². The molecule has 0 atom stereocenters. The van der Waals surface area contributed by atoms with Gasteiger partial charge in [-0.1, -0.05) is 13.3 Å². The van der Waals surface area contributed by atoms with E-state index in [1.165, 1.54) is 4.57 Å². The first-order valence-corrected chi connectivity index (χ1v) is 9.24. The Balaban J connectivity index is 2.00. The molecule has 26 heavy (non-hydrogen) atoms. The fraction of sp³-hybridized carbons (Fsp3) is 0.667. The van der Waals surface area contributed by atoms with Crippen LogP contribution < -0.4 is 17.0 Å². The molecule has 142 valence electrons. The van der Waals surface area contributed by atoms with E-state index in [0.717, 1.165) is 23.8 Å². The Morgan fingerprint density at radius 2 is 1.88 bits per heavy atom. The molecular formula is C18H26N4O4. The SMILES string of the molecule is CCCCn1c(O)c(C(=N)N)c(=O)n(C2CCC3(CC2)CC(=O)C3)c1=O. The molecule has 3 rings (SSSR count). The highest BCUT2D eigenvalue weighted by Crippen LogP contribution is 2.51. The molecular weight excluding hydrogens is 336 g/mol. The van der Waals surface area contributed by atoms with Crippen molar-refractivity contribution in [3.05, 3.63) is 26.4 Å². The molecule has 2 aliphatic carbocycles. The molecule has 4 N–H and O–H groups in total. The minimum atomic E-state index is -0.696. The third-order valence-corrected chi connectivity index (χ3v) is 5.88. The number of hydrogen-bond acceptors (Lipinski definition) is 5. The second-order valence-corrected chi connectivity index (χ2v) is 7.70. The molecule has 0 saturated heterocycles. The predicted molar refractivity (Wildman–Crippen MR) is 96.7 cm³/mol. The maximum atomic E-state index is 12.9. The zero-order valence-corrected chi connectivity index (χ0v) is 15.1. The van der Waals surface area contributed by atoms with Gasteiger partial charge in [0.1, 0.15) is 17.2 Å². The standard InChI is InChI=1S/C18H26N4O4/c1-2-3-8-21-15(24)13(14(19)20)16(25)22(17(21)26)11-4-6-18(7-5-11)9-12(23)10-18/h11,24H,2-10H2,1H3,(H3,19,20). The molecule has 8 nitrogen and oxygen atoms in total. The van der Waals surface area contributed by atoms with E-state index < -0.39 is 23.0 Å². The third-order valence-electron chi connectivity index (χ3n) is 5.88. The van der Waals surface area contributed by atoms with Gasteiger partial charge in [0.15, 0.2) is 0 Å². The highest BCUT2D eigenvalue weighted by Gasteiger charge is 2.46. The van der Waals surface area contributed by atoms with E-state index in [4.69, 9.17) is 11.1 Å². The summed E-state index contributed by atoms with van der Waals surface area (Å²) < 4.78 is 2.32. The summed E-state index contributed by atoms with van der Waals surface area (Å²) >= 11 is 0. The van der Waals surface area contributed by atoms with Crippen molar-refractivity contribution in [3.8, 4) is 5.88 Å². The number of hydrogen-bond donors (Lipinski definition) is 3. The summed E-state index contributed by atoms with van der Waals surface area (Å²) in [5.41, 5.74) is 4.02. The lowest BCUT2D eigenvalue weighted by Crippen LogP contribution is -2.48. The highest BCUT2D eigenvalue weighted by molar-refractivity contribution is 5.96. The number of unbranched alkanes of at least 4 members (excludes halogenated alkanes) is 1. The first kappa shape index (κ1) is 18.4. The number of Topliss-reactive ketones (excluding diaryl/α,β-unsaturated/α-hetero) is 1. The number of nitrogen functional groups attached to an aromatic ring is 1. The van der Waals surface area contributed by atoms with E-state index in [0.29, 0.717) is 32.1 Å². The van der Waals surface area contributed by atoms with Gasteiger partial charge in [-0.2, -0.15) is 0 Å². The molecule has 0 radical (unpaired) electrons. The fourth-order valence-corrected chi connectivity index (χ4v) is 4.35. The molecule has 0 aromatic carbocycles.